The zero-order valence-corrected chi connectivity index (χ0v) is 15.0. The maximum Gasteiger partial charge on any atom is 0.268 e. The number of aromatic nitrogens is 2. The molecular formula is C19H23FN4O2. The summed E-state index contributed by atoms with van der Waals surface area (Å²) in [6.45, 7) is 5.55. The fourth-order valence-electron chi connectivity index (χ4n) is 3.12. The lowest BCUT2D eigenvalue weighted by Gasteiger charge is -2.33. The molecule has 0 atom stereocenters. The normalized spacial score (nSPS) is 15.1. The van der Waals surface area contributed by atoms with Crippen LogP contribution in [0.4, 0.5) is 10.1 Å². The number of hydrogen-bond donors (Lipinski definition) is 1. The van der Waals surface area contributed by atoms with Crippen molar-refractivity contribution in [2.24, 2.45) is 0 Å². The summed E-state index contributed by atoms with van der Waals surface area (Å²) in [7, 11) is 0. The second-order valence-corrected chi connectivity index (χ2v) is 6.57. The molecule has 6 nitrogen and oxygen atoms in total. The number of nitrogens with zero attached hydrogens (tertiary/aromatic N) is 3. The fourth-order valence-corrected chi connectivity index (χ4v) is 3.12. The van der Waals surface area contributed by atoms with E-state index in [9.17, 15) is 14.0 Å². The molecule has 3 rings (SSSR count). The summed E-state index contributed by atoms with van der Waals surface area (Å²) in [5.41, 5.74) is 1.56. The number of benzene rings is 1. The first-order valence-electron chi connectivity index (χ1n) is 8.87. The van der Waals surface area contributed by atoms with E-state index in [1.54, 1.807) is 31.3 Å². The molecule has 0 aliphatic carbocycles. The predicted molar refractivity (Wildman–Crippen MR) is 98.0 cm³/mol. The van der Waals surface area contributed by atoms with Gasteiger partial charge in [-0.15, -0.1) is 0 Å². The number of anilines is 1. The van der Waals surface area contributed by atoms with Crippen LogP contribution in [0.5, 0.6) is 0 Å². The van der Waals surface area contributed by atoms with Crippen LogP contribution in [0.1, 0.15) is 35.7 Å². The Labute approximate surface area is 151 Å². The second kappa shape index (κ2) is 7.68. The lowest BCUT2D eigenvalue weighted by atomic mass is 10.0. The van der Waals surface area contributed by atoms with Crippen molar-refractivity contribution in [3.8, 4) is 0 Å². The van der Waals surface area contributed by atoms with Gasteiger partial charge in [0.1, 0.15) is 5.82 Å². The fraction of sp³-hybridized carbons (Fsp3) is 0.421. The number of carbonyl (C=O) groups excluding carboxylic acids is 1. The Balaban J connectivity index is 1.58. The van der Waals surface area contributed by atoms with E-state index in [-0.39, 0.29) is 23.3 Å². The van der Waals surface area contributed by atoms with E-state index in [1.807, 2.05) is 6.92 Å². The third-order valence-electron chi connectivity index (χ3n) is 4.78. The molecule has 1 fully saturated rings. The smallest absolute Gasteiger partial charge is 0.268 e. The van der Waals surface area contributed by atoms with Crippen LogP contribution in [0.25, 0.3) is 0 Å². The minimum Gasteiger partial charge on any atom is -0.370 e. The molecule has 0 bridgehead atoms. The van der Waals surface area contributed by atoms with Crippen molar-refractivity contribution in [2.75, 3.05) is 18.0 Å². The summed E-state index contributed by atoms with van der Waals surface area (Å²) in [6, 6.07) is 6.15. The molecule has 1 aliphatic rings. The molecule has 1 aliphatic heterocycles. The van der Waals surface area contributed by atoms with Crippen LogP contribution in [0.3, 0.4) is 0 Å². The highest BCUT2D eigenvalue weighted by molar-refractivity contribution is 5.94. The Kier molecular flexibility index (Phi) is 5.35. The third kappa shape index (κ3) is 3.92. The van der Waals surface area contributed by atoms with Crippen molar-refractivity contribution >= 4 is 11.6 Å². The number of amides is 1. The molecule has 0 unspecified atom stereocenters. The first kappa shape index (κ1) is 18.1. The minimum absolute atomic E-state index is 0.0343. The van der Waals surface area contributed by atoms with Gasteiger partial charge in [0, 0.05) is 37.3 Å². The van der Waals surface area contributed by atoms with E-state index in [2.05, 4.69) is 15.3 Å². The minimum atomic E-state index is -0.373. The van der Waals surface area contributed by atoms with Crippen LogP contribution in [-0.2, 0) is 6.54 Å². The number of rotatable bonds is 4. The van der Waals surface area contributed by atoms with Crippen molar-refractivity contribution in [1.29, 1.82) is 0 Å². The third-order valence-corrected chi connectivity index (χ3v) is 4.78. The van der Waals surface area contributed by atoms with Crippen LogP contribution in [0, 0.1) is 12.7 Å². The highest BCUT2D eigenvalue weighted by Gasteiger charge is 2.22. The highest BCUT2D eigenvalue weighted by Crippen LogP contribution is 2.18. The molecule has 1 amide bonds. The zero-order valence-electron chi connectivity index (χ0n) is 15.0. The molecule has 26 heavy (non-hydrogen) atoms. The van der Waals surface area contributed by atoms with Crippen molar-refractivity contribution in [3.05, 3.63) is 57.8 Å². The lowest BCUT2D eigenvalue weighted by Crippen LogP contribution is -2.45. The van der Waals surface area contributed by atoms with Crippen molar-refractivity contribution in [3.63, 3.8) is 0 Å². The van der Waals surface area contributed by atoms with Crippen LogP contribution < -0.4 is 15.8 Å². The molecule has 1 aromatic heterocycles. The van der Waals surface area contributed by atoms with E-state index in [0.717, 1.165) is 31.6 Å². The maximum atomic E-state index is 13.6. The molecule has 2 aromatic rings. The van der Waals surface area contributed by atoms with E-state index in [1.165, 1.54) is 10.7 Å². The first-order valence-corrected chi connectivity index (χ1v) is 8.87. The van der Waals surface area contributed by atoms with Crippen LogP contribution in [-0.4, -0.2) is 34.8 Å². The number of carbonyl (C=O) groups is 1. The largest absolute Gasteiger partial charge is 0.370 e. The van der Waals surface area contributed by atoms with Gasteiger partial charge in [-0.1, -0.05) is 6.07 Å². The Morgan fingerprint density at radius 2 is 2.04 bits per heavy atom. The maximum absolute atomic E-state index is 13.6. The van der Waals surface area contributed by atoms with Gasteiger partial charge in [-0.3, -0.25) is 9.59 Å². The summed E-state index contributed by atoms with van der Waals surface area (Å²) < 4.78 is 15.0. The number of nitrogens with one attached hydrogen (secondary N) is 1. The van der Waals surface area contributed by atoms with E-state index in [0.29, 0.717) is 17.7 Å². The molecule has 0 spiro atoms. The standard InChI is InChI=1S/C19H23FN4O2/c1-3-24-18(25)11-16(12-21-24)23-8-6-15(7-9-23)22-19(26)14-5-4-13(2)17(20)10-14/h4-5,10-12,15H,3,6-9H2,1-2H3,(H,22,26). The molecule has 7 heteroatoms. The number of halogens is 1. The Morgan fingerprint density at radius 1 is 1.31 bits per heavy atom. The second-order valence-electron chi connectivity index (χ2n) is 6.57. The molecule has 0 saturated carbocycles. The summed E-state index contributed by atoms with van der Waals surface area (Å²) >= 11 is 0. The van der Waals surface area contributed by atoms with Gasteiger partial charge in [-0.25, -0.2) is 9.07 Å². The van der Waals surface area contributed by atoms with Crippen molar-refractivity contribution in [1.82, 2.24) is 15.1 Å². The Hall–Kier alpha value is -2.70. The number of hydrogen-bond acceptors (Lipinski definition) is 4. The summed E-state index contributed by atoms with van der Waals surface area (Å²) in [6.07, 6.45) is 3.23. The van der Waals surface area contributed by atoms with E-state index < -0.39 is 0 Å². The highest BCUT2D eigenvalue weighted by atomic mass is 19.1. The van der Waals surface area contributed by atoms with Gasteiger partial charge in [-0.2, -0.15) is 5.10 Å². The molecule has 138 valence electrons. The van der Waals surface area contributed by atoms with Crippen molar-refractivity contribution < 1.29 is 9.18 Å². The Morgan fingerprint density at radius 3 is 2.65 bits per heavy atom. The lowest BCUT2D eigenvalue weighted by molar-refractivity contribution is 0.0930. The summed E-state index contributed by atoms with van der Waals surface area (Å²) in [5.74, 6) is -0.628. The van der Waals surface area contributed by atoms with Gasteiger partial charge >= 0.3 is 0 Å². The van der Waals surface area contributed by atoms with Crippen LogP contribution >= 0.6 is 0 Å². The quantitative estimate of drug-likeness (QED) is 0.909. The van der Waals surface area contributed by atoms with Crippen LogP contribution in [0.2, 0.25) is 0 Å². The Bertz CT molecular complexity index is 857. The van der Waals surface area contributed by atoms with Crippen LogP contribution in [0.15, 0.2) is 35.3 Å². The summed E-state index contributed by atoms with van der Waals surface area (Å²) in [5, 5.41) is 7.12. The first-order chi connectivity index (χ1) is 12.5. The van der Waals surface area contributed by atoms with E-state index in [4.69, 9.17) is 0 Å². The van der Waals surface area contributed by atoms with Crippen molar-refractivity contribution in [2.45, 2.75) is 39.3 Å². The zero-order chi connectivity index (χ0) is 18.7. The molecule has 2 heterocycles. The number of piperidine rings is 1. The average molecular weight is 358 g/mol. The van der Waals surface area contributed by atoms with Gasteiger partial charge in [0.2, 0.25) is 0 Å². The van der Waals surface area contributed by atoms with Gasteiger partial charge in [-0.05, 0) is 44.4 Å². The molecule has 1 aromatic carbocycles. The molecule has 0 radical (unpaired) electrons. The van der Waals surface area contributed by atoms with Gasteiger partial charge in [0.15, 0.2) is 0 Å². The SMILES string of the molecule is CCn1ncc(N2CCC(NC(=O)c3ccc(C)c(F)c3)CC2)cc1=O. The van der Waals surface area contributed by atoms with Gasteiger partial charge in [0.05, 0.1) is 11.9 Å². The average Bonchev–Trinajstić information content (AvgIpc) is 2.64. The number of aryl methyl sites for hydroxylation is 2. The predicted octanol–water partition coefficient (Wildman–Crippen LogP) is 2.11. The molecular weight excluding hydrogens is 335 g/mol. The molecule has 1 N–H and O–H groups in total. The van der Waals surface area contributed by atoms with Gasteiger partial charge < -0.3 is 10.2 Å². The molecule has 1 saturated heterocycles. The topological polar surface area (TPSA) is 67.2 Å². The monoisotopic (exact) mass is 358 g/mol. The summed E-state index contributed by atoms with van der Waals surface area (Å²) in [4.78, 5) is 26.3. The van der Waals surface area contributed by atoms with Gasteiger partial charge in [0.25, 0.3) is 11.5 Å². The van der Waals surface area contributed by atoms with E-state index >= 15 is 0 Å².